The van der Waals surface area contributed by atoms with E-state index >= 15 is 0 Å². The predicted molar refractivity (Wildman–Crippen MR) is 99.6 cm³/mol. The molecule has 26 heavy (non-hydrogen) atoms. The summed E-state index contributed by atoms with van der Waals surface area (Å²) in [5.74, 6) is 2.30. The molecular formula is C20H21NO4S. The molecule has 0 aliphatic carbocycles. The topological polar surface area (TPSA) is 59.0 Å². The fourth-order valence-electron chi connectivity index (χ4n) is 3.30. The SMILES string of the molecule is O=C(CCSc1ccc2c(c1)OCCO2)N1Cc2ccccc2C(O)C1. The summed E-state index contributed by atoms with van der Waals surface area (Å²) < 4.78 is 11.1. The third-order valence-electron chi connectivity index (χ3n) is 4.62. The van der Waals surface area contributed by atoms with Gasteiger partial charge in [-0.15, -0.1) is 11.8 Å². The molecule has 0 fully saturated rings. The third-order valence-corrected chi connectivity index (χ3v) is 5.62. The largest absolute Gasteiger partial charge is 0.486 e. The maximum absolute atomic E-state index is 12.5. The van der Waals surface area contributed by atoms with E-state index in [1.807, 2.05) is 42.5 Å². The van der Waals surface area contributed by atoms with Crippen LogP contribution in [0.25, 0.3) is 0 Å². The van der Waals surface area contributed by atoms with E-state index in [9.17, 15) is 9.90 Å². The second kappa shape index (κ2) is 7.60. The highest BCUT2D eigenvalue weighted by Crippen LogP contribution is 2.34. The van der Waals surface area contributed by atoms with E-state index in [-0.39, 0.29) is 5.91 Å². The number of aliphatic hydroxyl groups excluding tert-OH is 1. The Hall–Kier alpha value is -2.18. The zero-order valence-electron chi connectivity index (χ0n) is 14.4. The van der Waals surface area contributed by atoms with Gasteiger partial charge in [-0.05, 0) is 29.3 Å². The van der Waals surface area contributed by atoms with Crippen LogP contribution in [0.15, 0.2) is 47.4 Å². The zero-order valence-corrected chi connectivity index (χ0v) is 15.2. The van der Waals surface area contributed by atoms with Crippen LogP contribution in [0, 0.1) is 0 Å². The van der Waals surface area contributed by atoms with Crippen LogP contribution in [0.5, 0.6) is 11.5 Å². The standard InChI is InChI=1S/C20H21NO4S/c22-17-13-21(12-14-3-1-2-4-16(14)17)20(23)7-10-26-15-5-6-18-19(11-15)25-9-8-24-18/h1-6,11,17,22H,7-10,12-13H2. The quantitative estimate of drug-likeness (QED) is 0.838. The van der Waals surface area contributed by atoms with Crippen LogP contribution in [0.3, 0.4) is 0 Å². The van der Waals surface area contributed by atoms with E-state index < -0.39 is 6.10 Å². The second-order valence-electron chi connectivity index (χ2n) is 6.39. The molecule has 5 nitrogen and oxygen atoms in total. The number of hydrogen-bond donors (Lipinski definition) is 1. The maximum atomic E-state index is 12.5. The maximum Gasteiger partial charge on any atom is 0.223 e. The number of hydrogen-bond acceptors (Lipinski definition) is 5. The molecule has 2 heterocycles. The number of carbonyl (C=O) groups is 1. The first kappa shape index (κ1) is 17.2. The number of fused-ring (bicyclic) bond motifs is 2. The predicted octanol–water partition coefficient (Wildman–Crippen LogP) is 3.02. The number of nitrogens with zero attached hydrogens (tertiary/aromatic N) is 1. The first-order valence-electron chi connectivity index (χ1n) is 8.77. The van der Waals surface area contributed by atoms with Gasteiger partial charge in [-0.3, -0.25) is 4.79 Å². The highest BCUT2D eigenvalue weighted by Gasteiger charge is 2.26. The summed E-state index contributed by atoms with van der Waals surface area (Å²) in [7, 11) is 0. The van der Waals surface area contributed by atoms with Crippen molar-refractivity contribution >= 4 is 17.7 Å². The van der Waals surface area contributed by atoms with E-state index in [1.54, 1.807) is 16.7 Å². The van der Waals surface area contributed by atoms with Crippen molar-refractivity contribution in [1.82, 2.24) is 4.90 Å². The molecule has 2 aliphatic heterocycles. The Morgan fingerprint density at radius 1 is 1.15 bits per heavy atom. The van der Waals surface area contributed by atoms with Crippen molar-refractivity contribution in [1.29, 1.82) is 0 Å². The third kappa shape index (κ3) is 3.66. The van der Waals surface area contributed by atoms with Gasteiger partial charge in [-0.25, -0.2) is 0 Å². The molecule has 1 atom stereocenters. The molecule has 0 aromatic heterocycles. The number of rotatable bonds is 4. The van der Waals surface area contributed by atoms with Crippen molar-refractivity contribution in [3.63, 3.8) is 0 Å². The monoisotopic (exact) mass is 371 g/mol. The van der Waals surface area contributed by atoms with Gasteiger partial charge in [0.2, 0.25) is 5.91 Å². The fraction of sp³-hybridized carbons (Fsp3) is 0.350. The van der Waals surface area contributed by atoms with E-state index in [4.69, 9.17) is 9.47 Å². The number of thioether (sulfide) groups is 1. The van der Waals surface area contributed by atoms with Gasteiger partial charge in [0, 0.05) is 23.6 Å². The van der Waals surface area contributed by atoms with Gasteiger partial charge in [-0.2, -0.15) is 0 Å². The van der Waals surface area contributed by atoms with Crippen LogP contribution in [0.1, 0.15) is 23.7 Å². The van der Waals surface area contributed by atoms with Crippen LogP contribution >= 0.6 is 11.8 Å². The molecule has 136 valence electrons. The van der Waals surface area contributed by atoms with Gasteiger partial charge in [-0.1, -0.05) is 24.3 Å². The lowest BCUT2D eigenvalue weighted by Crippen LogP contribution is -2.38. The smallest absolute Gasteiger partial charge is 0.223 e. The number of benzene rings is 2. The molecular weight excluding hydrogens is 350 g/mol. The summed E-state index contributed by atoms with van der Waals surface area (Å²) in [5, 5.41) is 10.3. The molecule has 2 aromatic carbocycles. The molecule has 1 unspecified atom stereocenters. The minimum atomic E-state index is -0.602. The van der Waals surface area contributed by atoms with Crippen LogP contribution in [0.2, 0.25) is 0 Å². The molecule has 2 aliphatic rings. The molecule has 0 bridgehead atoms. The Kier molecular flexibility index (Phi) is 5.04. The average Bonchev–Trinajstić information content (AvgIpc) is 2.68. The summed E-state index contributed by atoms with van der Waals surface area (Å²) in [6.45, 7) is 2.09. The Bertz CT molecular complexity index is 810. The Morgan fingerprint density at radius 3 is 2.85 bits per heavy atom. The number of carbonyl (C=O) groups excluding carboxylic acids is 1. The van der Waals surface area contributed by atoms with Gasteiger partial charge in [0.25, 0.3) is 0 Å². The first-order valence-corrected chi connectivity index (χ1v) is 9.75. The second-order valence-corrected chi connectivity index (χ2v) is 7.56. The van der Waals surface area contributed by atoms with Crippen molar-refractivity contribution in [3.8, 4) is 11.5 Å². The van der Waals surface area contributed by atoms with Gasteiger partial charge < -0.3 is 19.5 Å². The average molecular weight is 371 g/mol. The number of aliphatic hydroxyl groups is 1. The Labute approximate surface area is 156 Å². The van der Waals surface area contributed by atoms with Crippen molar-refractivity contribution in [2.75, 3.05) is 25.5 Å². The molecule has 6 heteroatoms. The molecule has 2 aromatic rings. The lowest BCUT2D eigenvalue weighted by molar-refractivity contribution is -0.133. The summed E-state index contributed by atoms with van der Waals surface area (Å²) in [6, 6.07) is 13.6. The molecule has 1 N–H and O–H groups in total. The number of ether oxygens (including phenoxy) is 2. The van der Waals surface area contributed by atoms with E-state index in [1.165, 1.54) is 0 Å². The van der Waals surface area contributed by atoms with Crippen LogP contribution in [-0.4, -0.2) is 41.4 Å². The summed E-state index contributed by atoms with van der Waals surface area (Å²) in [5.41, 5.74) is 1.96. The molecule has 0 saturated heterocycles. The van der Waals surface area contributed by atoms with Crippen molar-refractivity contribution in [3.05, 3.63) is 53.6 Å². The normalized spacial score (nSPS) is 18.3. The van der Waals surface area contributed by atoms with Gasteiger partial charge in [0.1, 0.15) is 13.2 Å². The van der Waals surface area contributed by atoms with Gasteiger partial charge in [0.15, 0.2) is 11.5 Å². The molecule has 0 saturated carbocycles. The lowest BCUT2D eigenvalue weighted by Gasteiger charge is -2.32. The highest BCUT2D eigenvalue weighted by molar-refractivity contribution is 7.99. The van der Waals surface area contributed by atoms with Gasteiger partial charge in [0.05, 0.1) is 12.6 Å². The van der Waals surface area contributed by atoms with E-state index in [2.05, 4.69) is 0 Å². The summed E-state index contributed by atoms with van der Waals surface area (Å²) >= 11 is 1.63. The van der Waals surface area contributed by atoms with E-state index in [0.29, 0.717) is 38.5 Å². The summed E-state index contributed by atoms with van der Waals surface area (Å²) in [6.07, 6.45) is -0.164. The van der Waals surface area contributed by atoms with E-state index in [0.717, 1.165) is 27.5 Å². The summed E-state index contributed by atoms with van der Waals surface area (Å²) in [4.78, 5) is 15.3. The molecule has 4 rings (SSSR count). The van der Waals surface area contributed by atoms with Gasteiger partial charge >= 0.3 is 0 Å². The Balaban J connectivity index is 1.32. The molecule has 1 amide bonds. The van der Waals surface area contributed by atoms with Crippen LogP contribution < -0.4 is 9.47 Å². The van der Waals surface area contributed by atoms with Crippen molar-refractivity contribution < 1.29 is 19.4 Å². The van der Waals surface area contributed by atoms with Crippen LogP contribution in [0.4, 0.5) is 0 Å². The fourth-order valence-corrected chi connectivity index (χ4v) is 4.17. The Morgan fingerprint density at radius 2 is 1.96 bits per heavy atom. The minimum absolute atomic E-state index is 0.0728. The highest BCUT2D eigenvalue weighted by atomic mass is 32.2. The van der Waals surface area contributed by atoms with Crippen molar-refractivity contribution in [2.45, 2.75) is 24.0 Å². The minimum Gasteiger partial charge on any atom is -0.486 e. The zero-order chi connectivity index (χ0) is 17.9. The molecule has 0 spiro atoms. The first-order chi connectivity index (χ1) is 12.7. The lowest BCUT2D eigenvalue weighted by atomic mass is 9.97. The number of β-amino-alcohol motifs (C(OH)–C–C–N with tert-alkyl or cyclic N) is 1. The van der Waals surface area contributed by atoms with Crippen LogP contribution in [-0.2, 0) is 11.3 Å². The number of amides is 1. The molecule has 0 radical (unpaired) electrons. The van der Waals surface area contributed by atoms with Crippen molar-refractivity contribution in [2.24, 2.45) is 0 Å².